The molecule has 1 aromatic rings. The number of carbonyl (C=O) groups excluding carboxylic acids is 1. The fraction of sp³-hybridized carbons (Fsp3) is 0.364. The molecule has 0 aromatic heterocycles. The van der Waals surface area contributed by atoms with Gasteiger partial charge in [0.05, 0.1) is 0 Å². The number of hydrogen-bond acceptors (Lipinski definition) is 1. The van der Waals surface area contributed by atoms with Gasteiger partial charge in [0, 0.05) is 12.0 Å². The van der Waals surface area contributed by atoms with Crippen LogP contribution in [0, 0.1) is 13.8 Å². The van der Waals surface area contributed by atoms with Crippen LogP contribution in [-0.2, 0) is 6.42 Å². The van der Waals surface area contributed by atoms with Crippen molar-refractivity contribution in [1.82, 2.24) is 0 Å². The average molecular weight is 160 g/mol. The Hall–Kier alpha value is -1.11. The SMILES string of the molecule is Cc1ccc2c(c1C)CCC2=O. The second-order valence-electron chi connectivity index (χ2n) is 3.46. The molecule has 0 atom stereocenters. The number of ketones is 1. The Labute approximate surface area is 72.4 Å². The van der Waals surface area contributed by atoms with Gasteiger partial charge in [-0.05, 0) is 37.0 Å². The van der Waals surface area contributed by atoms with E-state index in [0.717, 1.165) is 12.0 Å². The van der Waals surface area contributed by atoms with E-state index in [1.807, 2.05) is 12.1 Å². The molecule has 2 rings (SSSR count). The van der Waals surface area contributed by atoms with E-state index in [4.69, 9.17) is 0 Å². The zero-order chi connectivity index (χ0) is 8.72. The summed E-state index contributed by atoms with van der Waals surface area (Å²) >= 11 is 0. The van der Waals surface area contributed by atoms with Crippen molar-refractivity contribution in [2.45, 2.75) is 26.7 Å². The predicted molar refractivity (Wildman–Crippen MR) is 48.6 cm³/mol. The topological polar surface area (TPSA) is 17.1 Å². The molecule has 0 saturated heterocycles. The minimum atomic E-state index is 0.313. The highest BCUT2D eigenvalue weighted by molar-refractivity contribution is 6.00. The van der Waals surface area contributed by atoms with Gasteiger partial charge in [-0.15, -0.1) is 0 Å². The van der Waals surface area contributed by atoms with Gasteiger partial charge in [-0.1, -0.05) is 12.1 Å². The first-order valence-electron chi connectivity index (χ1n) is 4.32. The number of benzene rings is 1. The summed E-state index contributed by atoms with van der Waals surface area (Å²) in [5, 5.41) is 0. The van der Waals surface area contributed by atoms with E-state index in [0.29, 0.717) is 12.2 Å². The van der Waals surface area contributed by atoms with Crippen molar-refractivity contribution in [3.05, 3.63) is 34.4 Å². The van der Waals surface area contributed by atoms with Crippen molar-refractivity contribution in [2.24, 2.45) is 0 Å². The standard InChI is InChI=1S/C11H12O/c1-7-3-4-10-9(8(7)2)5-6-11(10)12/h3-4H,5-6H2,1-2H3. The summed E-state index contributed by atoms with van der Waals surface area (Å²) in [6, 6.07) is 4.00. The Morgan fingerprint density at radius 2 is 1.92 bits per heavy atom. The maximum atomic E-state index is 11.3. The first-order valence-corrected chi connectivity index (χ1v) is 4.32. The summed E-state index contributed by atoms with van der Waals surface area (Å²) in [6.45, 7) is 4.20. The van der Waals surface area contributed by atoms with Crippen molar-refractivity contribution in [3.8, 4) is 0 Å². The molecule has 1 nitrogen and oxygen atoms in total. The van der Waals surface area contributed by atoms with Crippen molar-refractivity contribution in [2.75, 3.05) is 0 Å². The molecule has 1 aliphatic carbocycles. The van der Waals surface area contributed by atoms with Gasteiger partial charge in [-0.2, -0.15) is 0 Å². The van der Waals surface area contributed by atoms with Crippen LogP contribution in [0.5, 0.6) is 0 Å². The van der Waals surface area contributed by atoms with Crippen LogP contribution in [0.15, 0.2) is 12.1 Å². The van der Waals surface area contributed by atoms with Crippen LogP contribution >= 0.6 is 0 Å². The summed E-state index contributed by atoms with van der Waals surface area (Å²) in [7, 11) is 0. The second kappa shape index (κ2) is 2.44. The Morgan fingerprint density at radius 1 is 1.17 bits per heavy atom. The van der Waals surface area contributed by atoms with Gasteiger partial charge in [0.25, 0.3) is 0 Å². The highest BCUT2D eigenvalue weighted by Crippen LogP contribution is 2.26. The van der Waals surface area contributed by atoms with Gasteiger partial charge >= 0.3 is 0 Å². The Bertz CT molecular complexity index is 350. The highest BCUT2D eigenvalue weighted by Gasteiger charge is 2.20. The number of fused-ring (bicyclic) bond motifs is 1. The first kappa shape index (κ1) is 7.53. The van der Waals surface area contributed by atoms with Gasteiger partial charge in [0.2, 0.25) is 0 Å². The smallest absolute Gasteiger partial charge is 0.163 e. The molecule has 0 amide bonds. The third kappa shape index (κ3) is 0.893. The lowest BCUT2D eigenvalue weighted by atomic mass is 10.00. The number of carbonyl (C=O) groups is 1. The van der Waals surface area contributed by atoms with Crippen LogP contribution in [0.3, 0.4) is 0 Å². The molecule has 0 saturated carbocycles. The van der Waals surface area contributed by atoms with E-state index in [1.165, 1.54) is 16.7 Å². The van der Waals surface area contributed by atoms with Crippen LogP contribution in [0.4, 0.5) is 0 Å². The predicted octanol–water partition coefficient (Wildman–Crippen LogP) is 2.43. The quantitative estimate of drug-likeness (QED) is 0.569. The summed E-state index contributed by atoms with van der Waals surface area (Å²) in [5.41, 5.74) is 4.83. The van der Waals surface area contributed by atoms with Gasteiger partial charge < -0.3 is 0 Å². The largest absolute Gasteiger partial charge is 0.294 e. The zero-order valence-corrected chi connectivity index (χ0v) is 7.48. The second-order valence-corrected chi connectivity index (χ2v) is 3.46. The van der Waals surface area contributed by atoms with Crippen molar-refractivity contribution >= 4 is 5.78 Å². The number of Topliss-reactive ketones (excluding diaryl/α,β-unsaturated/α-hetero) is 1. The number of aryl methyl sites for hydroxylation is 1. The van der Waals surface area contributed by atoms with Crippen LogP contribution in [0.1, 0.15) is 33.5 Å². The van der Waals surface area contributed by atoms with Crippen LogP contribution in [-0.4, -0.2) is 5.78 Å². The molecule has 0 fully saturated rings. The molecule has 1 heteroatoms. The molecule has 0 heterocycles. The molecule has 0 bridgehead atoms. The van der Waals surface area contributed by atoms with Gasteiger partial charge in [-0.3, -0.25) is 4.79 Å². The van der Waals surface area contributed by atoms with Crippen LogP contribution in [0.2, 0.25) is 0 Å². The van der Waals surface area contributed by atoms with Crippen molar-refractivity contribution < 1.29 is 4.79 Å². The molecular formula is C11H12O. The fourth-order valence-corrected chi connectivity index (χ4v) is 1.83. The molecule has 0 N–H and O–H groups in total. The van der Waals surface area contributed by atoms with E-state index in [-0.39, 0.29) is 0 Å². The molecule has 12 heavy (non-hydrogen) atoms. The lowest BCUT2D eigenvalue weighted by molar-refractivity contribution is 0.0994. The molecule has 0 spiro atoms. The monoisotopic (exact) mass is 160 g/mol. The minimum Gasteiger partial charge on any atom is -0.294 e. The molecule has 0 unspecified atom stereocenters. The summed E-state index contributed by atoms with van der Waals surface area (Å²) < 4.78 is 0. The molecular weight excluding hydrogens is 148 g/mol. The minimum absolute atomic E-state index is 0.313. The van der Waals surface area contributed by atoms with Crippen LogP contribution in [0.25, 0.3) is 0 Å². The normalized spacial score (nSPS) is 15.0. The fourth-order valence-electron chi connectivity index (χ4n) is 1.83. The Morgan fingerprint density at radius 3 is 2.67 bits per heavy atom. The number of hydrogen-bond donors (Lipinski definition) is 0. The van der Waals surface area contributed by atoms with Crippen LogP contribution < -0.4 is 0 Å². The first-order chi connectivity index (χ1) is 5.70. The molecule has 0 aliphatic heterocycles. The molecule has 0 radical (unpaired) electrons. The van der Waals surface area contributed by atoms with E-state index < -0.39 is 0 Å². The Kier molecular flexibility index (Phi) is 1.53. The molecule has 1 aromatic carbocycles. The zero-order valence-electron chi connectivity index (χ0n) is 7.48. The Balaban J connectivity index is 2.68. The average Bonchev–Trinajstić information content (AvgIpc) is 2.41. The lowest BCUT2D eigenvalue weighted by Crippen LogP contribution is -1.93. The highest BCUT2D eigenvalue weighted by atomic mass is 16.1. The van der Waals surface area contributed by atoms with Gasteiger partial charge in [0.1, 0.15) is 0 Å². The third-order valence-electron chi connectivity index (χ3n) is 2.77. The van der Waals surface area contributed by atoms with E-state index >= 15 is 0 Å². The molecule has 1 aliphatic rings. The summed E-state index contributed by atoms with van der Waals surface area (Å²) in [5.74, 6) is 0.313. The maximum absolute atomic E-state index is 11.3. The van der Waals surface area contributed by atoms with E-state index in [9.17, 15) is 4.79 Å². The van der Waals surface area contributed by atoms with Crippen molar-refractivity contribution in [3.63, 3.8) is 0 Å². The number of rotatable bonds is 0. The summed E-state index contributed by atoms with van der Waals surface area (Å²) in [6.07, 6.45) is 1.65. The van der Waals surface area contributed by atoms with Gasteiger partial charge in [0.15, 0.2) is 5.78 Å². The third-order valence-corrected chi connectivity index (χ3v) is 2.77. The van der Waals surface area contributed by atoms with Crippen molar-refractivity contribution in [1.29, 1.82) is 0 Å². The van der Waals surface area contributed by atoms with Gasteiger partial charge in [-0.25, -0.2) is 0 Å². The molecule has 62 valence electrons. The lowest BCUT2D eigenvalue weighted by Gasteiger charge is -2.05. The van der Waals surface area contributed by atoms with E-state index in [2.05, 4.69) is 13.8 Å². The van der Waals surface area contributed by atoms with E-state index in [1.54, 1.807) is 0 Å². The maximum Gasteiger partial charge on any atom is 0.163 e. The summed E-state index contributed by atoms with van der Waals surface area (Å²) in [4.78, 5) is 11.3.